The van der Waals surface area contributed by atoms with Crippen LogP contribution >= 0.6 is 0 Å². The first-order valence-corrected chi connectivity index (χ1v) is 8.50. The molecule has 3 aromatic rings. The number of nitrogens with zero attached hydrogens (tertiary/aromatic N) is 5. The van der Waals surface area contributed by atoms with Crippen LogP contribution in [0.2, 0.25) is 0 Å². The Labute approximate surface area is 155 Å². The van der Waals surface area contributed by atoms with Crippen LogP contribution in [0, 0.1) is 0 Å². The molecule has 0 spiro atoms. The fraction of sp³-hybridized carbons (Fsp3) is 0.389. The van der Waals surface area contributed by atoms with Crippen molar-refractivity contribution in [3.63, 3.8) is 0 Å². The fourth-order valence-corrected chi connectivity index (χ4v) is 3.08. The zero-order chi connectivity index (χ0) is 19.7. The van der Waals surface area contributed by atoms with Gasteiger partial charge in [-0.3, -0.25) is 18.5 Å². The summed E-state index contributed by atoms with van der Waals surface area (Å²) in [5.41, 5.74) is 0.721. The molecule has 9 nitrogen and oxygen atoms in total. The van der Waals surface area contributed by atoms with E-state index in [1.807, 2.05) is 24.3 Å². The van der Waals surface area contributed by atoms with Crippen LogP contribution < -0.4 is 20.9 Å². The summed E-state index contributed by atoms with van der Waals surface area (Å²) < 4.78 is 9.47. The van der Waals surface area contributed by atoms with Gasteiger partial charge in [0, 0.05) is 27.7 Å². The number of ether oxygens (including phenoxy) is 1. The van der Waals surface area contributed by atoms with Crippen molar-refractivity contribution in [3.05, 3.63) is 50.7 Å². The second-order valence-electron chi connectivity index (χ2n) is 6.37. The average molecular weight is 373 g/mol. The van der Waals surface area contributed by atoms with Gasteiger partial charge in [-0.25, -0.2) is 4.79 Å². The molecule has 0 saturated heterocycles. The number of hydrogen-bond donors (Lipinski definition) is 1. The van der Waals surface area contributed by atoms with Gasteiger partial charge in [0.2, 0.25) is 5.95 Å². The third-order valence-corrected chi connectivity index (χ3v) is 4.58. The maximum absolute atomic E-state index is 12.8. The van der Waals surface area contributed by atoms with Crippen molar-refractivity contribution in [2.45, 2.75) is 6.54 Å². The summed E-state index contributed by atoms with van der Waals surface area (Å²) >= 11 is 0. The van der Waals surface area contributed by atoms with Crippen molar-refractivity contribution in [2.24, 2.45) is 14.1 Å². The van der Waals surface area contributed by atoms with E-state index in [0.29, 0.717) is 36.0 Å². The van der Waals surface area contributed by atoms with Crippen molar-refractivity contribution in [3.8, 4) is 5.75 Å². The number of imidazole rings is 1. The molecular weight excluding hydrogens is 350 g/mol. The van der Waals surface area contributed by atoms with Gasteiger partial charge in [-0.2, -0.15) is 4.98 Å². The standard InChI is InChI=1S/C18H23N5O4/c1-20(8-9-24)17-19-15-14(16(25)22(3)18(26)21(15)2)23(17)11-12-6-5-7-13(10-12)27-4/h5-7,10,24H,8-9,11H2,1-4H3. The van der Waals surface area contributed by atoms with Crippen LogP contribution in [-0.4, -0.2) is 51.1 Å². The number of methoxy groups -OCH3 is 1. The summed E-state index contributed by atoms with van der Waals surface area (Å²) in [5.74, 6) is 1.21. The van der Waals surface area contributed by atoms with Crippen molar-refractivity contribution in [2.75, 3.05) is 32.2 Å². The number of aromatic nitrogens is 4. The number of benzene rings is 1. The molecule has 1 N–H and O–H groups in total. The summed E-state index contributed by atoms with van der Waals surface area (Å²) in [7, 11) is 6.41. The minimum atomic E-state index is -0.435. The number of hydrogen-bond acceptors (Lipinski definition) is 6. The molecule has 0 radical (unpaired) electrons. The van der Waals surface area contributed by atoms with Crippen molar-refractivity contribution >= 4 is 17.1 Å². The van der Waals surface area contributed by atoms with E-state index in [1.165, 1.54) is 11.6 Å². The molecule has 144 valence electrons. The molecule has 0 unspecified atom stereocenters. The minimum Gasteiger partial charge on any atom is -0.497 e. The maximum atomic E-state index is 12.8. The first-order valence-electron chi connectivity index (χ1n) is 8.50. The van der Waals surface area contributed by atoms with Gasteiger partial charge in [0.1, 0.15) is 5.75 Å². The van der Waals surface area contributed by atoms with Gasteiger partial charge in [-0.15, -0.1) is 0 Å². The van der Waals surface area contributed by atoms with E-state index >= 15 is 0 Å². The highest BCUT2D eigenvalue weighted by atomic mass is 16.5. The first-order chi connectivity index (χ1) is 12.9. The van der Waals surface area contributed by atoms with Gasteiger partial charge < -0.3 is 14.7 Å². The van der Waals surface area contributed by atoms with Gasteiger partial charge in [0.25, 0.3) is 5.56 Å². The largest absolute Gasteiger partial charge is 0.497 e. The highest BCUT2D eigenvalue weighted by molar-refractivity contribution is 5.74. The van der Waals surface area contributed by atoms with E-state index in [0.717, 1.165) is 10.1 Å². The Balaban J connectivity index is 2.28. The first kappa shape index (κ1) is 18.7. The zero-order valence-corrected chi connectivity index (χ0v) is 15.8. The van der Waals surface area contributed by atoms with Crippen molar-refractivity contribution in [1.82, 2.24) is 18.7 Å². The Kier molecular flexibility index (Phi) is 5.04. The smallest absolute Gasteiger partial charge is 0.332 e. The molecule has 27 heavy (non-hydrogen) atoms. The van der Waals surface area contributed by atoms with E-state index in [-0.39, 0.29) is 6.61 Å². The summed E-state index contributed by atoms with van der Waals surface area (Å²) in [4.78, 5) is 31.4. The average Bonchev–Trinajstić information content (AvgIpc) is 3.04. The lowest BCUT2D eigenvalue weighted by atomic mass is 10.2. The van der Waals surface area contributed by atoms with Crippen LogP contribution in [0.15, 0.2) is 33.9 Å². The Morgan fingerprint density at radius 1 is 1.22 bits per heavy atom. The van der Waals surface area contributed by atoms with Gasteiger partial charge in [0.05, 0.1) is 20.3 Å². The quantitative estimate of drug-likeness (QED) is 0.649. The predicted octanol–water partition coefficient (Wildman–Crippen LogP) is -0.0809. The number of aliphatic hydroxyl groups is 1. The number of rotatable bonds is 6. The number of fused-ring (bicyclic) bond motifs is 1. The number of likely N-dealkylation sites (N-methyl/N-ethyl adjacent to an activating group) is 1. The Hall–Kier alpha value is -3.07. The third kappa shape index (κ3) is 3.21. The summed E-state index contributed by atoms with van der Waals surface area (Å²) in [6.07, 6.45) is 0. The molecule has 2 aromatic heterocycles. The number of aryl methyl sites for hydroxylation is 1. The maximum Gasteiger partial charge on any atom is 0.332 e. The van der Waals surface area contributed by atoms with Crippen LogP contribution in [0.25, 0.3) is 11.2 Å². The molecule has 0 bridgehead atoms. The Morgan fingerprint density at radius 2 is 1.96 bits per heavy atom. The summed E-state index contributed by atoms with van der Waals surface area (Å²) in [6.45, 7) is 0.651. The van der Waals surface area contributed by atoms with Crippen LogP contribution in [0.5, 0.6) is 5.75 Å². The highest BCUT2D eigenvalue weighted by Gasteiger charge is 2.21. The van der Waals surface area contributed by atoms with Crippen molar-refractivity contribution in [1.29, 1.82) is 0 Å². The molecule has 0 aliphatic carbocycles. The van der Waals surface area contributed by atoms with E-state index in [9.17, 15) is 14.7 Å². The van der Waals surface area contributed by atoms with E-state index in [2.05, 4.69) is 4.98 Å². The van der Waals surface area contributed by atoms with Gasteiger partial charge in [-0.05, 0) is 17.7 Å². The van der Waals surface area contributed by atoms with Gasteiger partial charge in [-0.1, -0.05) is 12.1 Å². The number of anilines is 1. The molecule has 0 saturated carbocycles. The Morgan fingerprint density at radius 3 is 2.63 bits per heavy atom. The molecule has 0 fully saturated rings. The molecule has 0 amide bonds. The van der Waals surface area contributed by atoms with Crippen molar-refractivity contribution < 1.29 is 9.84 Å². The lowest BCUT2D eigenvalue weighted by Crippen LogP contribution is -2.37. The molecular formula is C18H23N5O4. The molecule has 0 aliphatic heterocycles. The molecule has 9 heteroatoms. The number of aliphatic hydroxyl groups excluding tert-OH is 1. The fourth-order valence-electron chi connectivity index (χ4n) is 3.08. The second kappa shape index (κ2) is 7.28. The molecule has 0 aliphatic rings. The molecule has 0 atom stereocenters. The molecule has 1 aromatic carbocycles. The summed E-state index contributed by atoms with van der Waals surface area (Å²) in [6, 6.07) is 7.53. The van der Waals surface area contributed by atoms with Gasteiger partial charge >= 0.3 is 5.69 Å². The van der Waals surface area contributed by atoms with Crippen LogP contribution in [0.4, 0.5) is 5.95 Å². The van der Waals surface area contributed by atoms with Gasteiger partial charge in [0.15, 0.2) is 11.2 Å². The second-order valence-corrected chi connectivity index (χ2v) is 6.37. The minimum absolute atomic E-state index is 0.0597. The Bertz CT molecular complexity index is 1100. The van der Waals surface area contributed by atoms with E-state index < -0.39 is 11.2 Å². The molecule has 3 rings (SSSR count). The van der Waals surface area contributed by atoms with Crippen LogP contribution in [0.1, 0.15) is 5.56 Å². The normalized spacial score (nSPS) is 11.1. The zero-order valence-electron chi connectivity index (χ0n) is 15.8. The van der Waals surface area contributed by atoms with E-state index in [4.69, 9.17) is 4.74 Å². The topological polar surface area (TPSA) is 94.5 Å². The lowest BCUT2D eigenvalue weighted by molar-refractivity contribution is 0.303. The summed E-state index contributed by atoms with van der Waals surface area (Å²) in [5, 5.41) is 9.30. The van der Waals surface area contributed by atoms with E-state index in [1.54, 1.807) is 30.7 Å². The lowest BCUT2D eigenvalue weighted by Gasteiger charge is -2.19. The van der Waals surface area contributed by atoms with Crippen LogP contribution in [0.3, 0.4) is 0 Å². The monoisotopic (exact) mass is 373 g/mol. The molecule has 2 heterocycles. The highest BCUT2D eigenvalue weighted by Crippen LogP contribution is 2.22. The predicted molar refractivity (Wildman–Crippen MR) is 103 cm³/mol. The third-order valence-electron chi connectivity index (χ3n) is 4.58. The SMILES string of the molecule is COc1cccc(Cn2c(N(C)CCO)nc3c2c(=O)n(C)c(=O)n3C)c1. The van der Waals surface area contributed by atoms with Crippen LogP contribution in [-0.2, 0) is 20.6 Å².